The normalized spacial score (nSPS) is 14.1. The number of nitrogens with one attached hydrogen (secondary N) is 1. The van der Waals surface area contributed by atoms with Crippen LogP contribution in [0, 0.1) is 0 Å². The second kappa shape index (κ2) is 4.47. The van der Waals surface area contributed by atoms with E-state index in [9.17, 15) is 0 Å². The lowest BCUT2D eigenvalue weighted by molar-refractivity contribution is 0.662. The molecule has 0 aromatic heterocycles. The molecule has 0 amide bonds. The van der Waals surface area contributed by atoms with Gasteiger partial charge in [-0.15, -0.1) is 0 Å². The minimum atomic E-state index is 0.282. The predicted octanol–water partition coefficient (Wildman–Crippen LogP) is 1.53. The average Bonchev–Trinajstić information content (AvgIpc) is 1.68. The van der Waals surface area contributed by atoms with E-state index in [1.165, 1.54) is 0 Å². The topological polar surface area (TPSA) is 12.0 Å². The van der Waals surface area contributed by atoms with Gasteiger partial charge in [-0.25, -0.2) is 0 Å². The zero-order valence-corrected chi connectivity index (χ0v) is 5.72. The van der Waals surface area contributed by atoms with Crippen LogP contribution in [-0.4, -0.2) is 11.9 Å². The number of hydrogen-bond donors (Lipinski definition) is 1. The maximum absolute atomic E-state index is 4.93. The van der Waals surface area contributed by atoms with Crippen LogP contribution in [0.3, 0.4) is 0 Å². The molecule has 1 unspecified atom stereocenters. The van der Waals surface area contributed by atoms with Gasteiger partial charge in [-0.2, -0.15) is 0 Å². The third kappa shape index (κ3) is 4.16. The van der Waals surface area contributed by atoms with Crippen LogP contribution in [-0.2, 0) is 0 Å². The Morgan fingerprint density at radius 2 is 2.14 bits per heavy atom. The monoisotopic (exact) mass is 118 g/mol. The van der Waals surface area contributed by atoms with Gasteiger partial charge < -0.3 is 5.32 Å². The number of hydrogen-bond acceptors (Lipinski definition) is 1. The third-order valence-corrected chi connectivity index (χ3v) is 1.30. The highest BCUT2D eigenvalue weighted by molar-refractivity contribution is 7.80. The van der Waals surface area contributed by atoms with E-state index >= 15 is 0 Å². The summed E-state index contributed by atoms with van der Waals surface area (Å²) in [5.74, 6) is 0. The van der Waals surface area contributed by atoms with Gasteiger partial charge in [-0.1, -0.05) is 26.5 Å². The van der Waals surface area contributed by atoms with Gasteiger partial charge in [-0.3, -0.25) is 0 Å². The summed E-state index contributed by atoms with van der Waals surface area (Å²) in [6, 6.07) is 0. The van der Waals surface area contributed by atoms with E-state index in [4.69, 9.17) is 12.6 Å². The number of rotatable bonds is 3. The molecule has 1 radical (unpaired) electrons. The van der Waals surface area contributed by atoms with E-state index in [1.807, 2.05) is 0 Å². The van der Waals surface area contributed by atoms with Crippen molar-refractivity contribution < 1.29 is 0 Å². The first-order valence-electron chi connectivity index (χ1n) is 2.70. The fourth-order valence-corrected chi connectivity index (χ4v) is 0.539. The van der Waals surface area contributed by atoms with Crippen LogP contribution in [0.2, 0.25) is 0 Å². The third-order valence-electron chi connectivity index (χ3n) is 0.803. The SMILES string of the molecule is CCNC([S])CC. The lowest BCUT2D eigenvalue weighted by atomic mass is 10.5. The maximum Gasteiger partial charge on any atom is 0.0634 e. The van der Waals surface area contributed by atoms with Crippen molar-refractivity contribution in [1.82, 2.24) is 5.32 Å². The van der Waals surface area contributed by atoms with Crippen LogP contribution in [0.1, 0.15) is 20.3 Å². The van der Waals surface area contributed by atoms with Crippen molar-refractivity contribution in [2.24, 2.45) is 0 Å². The van der Waals surface area contributed by atoms with E-state index in [1.54, 1.807) is 0 Å². The summed E-state index contributed by atoms with van der Waals surface area (Å²) in [7, 11) is 0. The first kappa shape index (κ1) is 7.31. The molecule has 0 aliphatic rings. The fraction of sp³-hybridized carbons (Fsp3) is 1.00. The zero-order chi connectivity index (χ0) is 5.70. The molecule has 0 aliphatic carbocycles. The zero-order valence-electron chi connectivity index (χ0n) is 4.90. The Hall–Kier alpha value is 0.310. The molecule has 2 heteroatoms. The van der Waals surface area contributed by atoms with Gasteiger partial charge >= 0.3 is 0 Å². The second-order valence-corrected chi connectivity index (χ2v) is 2.02. The summed E-state index contributed by atoms with van der Waals surface area (Å²) >= 11 is 4.93. The molecule has 0 bridgehead atoms. The Labute approximate surface area is 50.9 Å². The van der Waals surface area contributed by atoms with Crippen molar-refractivity contribution in [2.45, 2.75) is 25.6 Å². The van der Waals surface area contributed by atoms with Crippen LogP contribution < -0.4 is 5.32 Å². The standard InChI is InChI=1S/C5H12NS/c1-3-5(7)6-4-2/h5-6H,3-4H2,1-2H3. The Balaban J connectivity index is 2.83. The largest absolute Gasteiger partial charge is 0.305 e. The first-order valence-corrected chi connectivity index (χ1v) is 3.17. The fourth-order valence-electron chi connectivity index (χ4n) is 0.372. The highest BCUT2D eigenvalue weighted by Crippen LogP contribution is 1.92. The van der Waals surface area contributed by atoms with Crippen LogP contribution in [0.25, 0.3) is 0 Å². The summed E-state index contributed by atoms with van der Waals surface area (Å²) in [5, 5.41) is 3.39. The molecule has 0 aliphatic heterocycles. The van der Waals surface area contributed by atoms with Gasteiger partial charge in [0.25, 0.3) is 0 Å². The summed E-state index contributed by atoms with van der Waals surface area (Å²) < 4.78 is 0. The van der Waals surface area contributed by atoms with Crippen molar-refractivity contribution in [3.63, 3.8) is 0 Å². The molecule has 0 heterocycles. The Bertz CT molecular complexity index is 39.1. The van der Waals surface area contributed by atoms with Gasteiger partial charge in [0.05, 0.1) is 5.37 Å². The summed E-state index contributed by atoms with van der Waals surface area (Å²) in [6.07, 6.45) is 1.04. The average molecular weight is 118 g/mol. The van der Waals surface area contributed by atoms with Gasteiger partial charge in [-0.05, 0) is 13.0 Å². The van der Waals surface area contributed by atoms with Crippen LogP contribution in [0.15, 0.2) is 0 Å². The predicted molar refractivity (Wildman–Crippen MR) is 35.3 cm³/mol. The molecule has 0 rings (SSSR count). The molecule has 0 spiro atoms. The minimum absolute atomic E-state index is 0.282. The molecule has 7 heavy (non-hydrogen) atoms. The molecule has 43 valence electrons. The van der Waals surface area contributed by atoms with Crippen LogP contribution >= 0.6 is 12.6 Å². The van der Waals surface area contributed by atoms with Gasteiger partial charge in [0, 0.05) is 0 Å². The van der Waals surface area contributed by atoms with E-state index in [-0.39, 0.29) is 5.37 Å². The van der Waals surface area contributed by atoms with E-state index in [0.29, 0.717) is 0 Å². The molecule has 0 saturated heterocycles. The van der Waals surface area contributed by atoms with Crippen molar-refractivity contribution in [1.29, 1.82) is 0 Å². The molecule has 1 atom stereocenters. The van der Waals surface area contributed by atoms with Gasteiger partial charge in [0.1, 0.15) is 0 Å². The Morgan fingerprint density at radius 3 is 2.29 bits per heavy atom. The van der Waals surface area contributed by atoms with Gasteiger partial charge in [0.15, 0.2) is 0 Å². The van der Waals surface area contributed by atoms with E-state index in [0.717, 1.165) is 13.0 Å². The van der Waals surface area contributed by atoms with Gasteiger partial charge in [0.2, 0.25) is 0 Å². The molecule has 1 N–H and O–H groups in total. The van der Waals surface area contributed by atoms with Crippen molar-refractivity contribution in [3.8, 4) is 0 Å². The van der Waals surface area contributed by atoms with Crippen LogP contribution in [0.5, 0.6) is 0 Å². The molecular weight excluding hydrogens is 106 g/mol. The lowest BCUT2D eigenvalue weighted by Gasteiger charge is -2.04. The minimum Gasteiger partial charge on any atom is -0.305 e. The quantitative estimate of drug-likeness (QED) is 0.592. The van der Waals surface area contributed by atoms with Crippen molar-refractivity contribution >= 4 is 12.6 Å². The smallest absolute Gasteiger partial charge is 0.0634 e. The van der Waals surface area contributed by atoms with Crippen molar-refractivity contribution in [3.05, 3.63) is 0 Å². The van der Waals surface area contributed by atoms with E-state index < -0.39 is 0 Å². The Kier molecular flexibility index (Phi) is 4.67. The molecule has 0 aromatic carbocycles. The molecular formula is C5H12NS. The summed E-state index contributed by atoms with van der Waals surface area (Å²) in [5.41, 5.74) is 0. The summed E-state index contributed by atoms with van der Waals surface area (Å²) in [6.45, 7) is 5.14. The highest BCUT2D eigenvalue weighted by Gasteiger charge is 1.92. The van der Waals surface area contributed by atoms with Crippen LogP contribution in [0.4, 0.5) is 0 Å². The first-order chi connectivity index (χ1) is 3.31. The molecule has 1 nitrogen and oxygen atoms in total. The van der Waals surface area contributed by atoms with Crippen molar-refractivity contribution in [2.75, 3.05) is 6.54 Å². The lowest BCUT2D eigenvalue weighted by Crippen LogP contribution is -2.21. The Morgan fingerprint density at radius 1 is 1.57 bits per heavy atom. The molecule has 0 aromatic rings. The summed E-state index contributed by atoms with van der Waals surface area (Å²) in [4.78, 5) is 0. The van der Waals surface area contributed by atoms with E-state index in [2.05, 4.69) is 19.2 Å². The second-order valence-electron chi connectivity index (χ2n) is 1.45. The molecule has 0 fully saturated rings. The maximum atomic E-state index is 4.93. The molecule has 0 saturated carbocycles. The highest BCUT2D eigenvalue weighted by atomic mass is 32.1.